The second kappa shape index (κ2) is 14.5. The molecule has 3 heterocycles. The summed E-state index contributed by atoms with van der Waals surface area (Å²) >= 11 is 1.21. The van der Waals surface area contributed by atoms with Crippen LogP contribution >= 0.6 is 11.3 Å². The zero-order valence-corrected chi connectivity index (χ0v) is 33.7. The van der Waals surface area contributed by atoms with E-state index in [1.165, 1.54) is 53.8 Å². The van der Waals surface area contributed by atoms with Crippen molar-refractivity contribution in [3.8, 4) is 68.1 Å². The summed E-state index contributed by atoms with van der Waals surface area (Å²) in [6, 6.07) is 46.7. The first-order valence-corrected chi connectivity index (χ1v) is 18.1. The van der Waals surface area contributed by atoms with E-state index in [4.69, 9.17) is 8.83 Å². The number of fused-ring (bicyclic) bond motifs is 3. The molecule has 52 heavy (non-hydrogen) atoms. The Balaban J connectivity index is 0.00000387. The van der Waals surface area contributed by atoms with Gasteiger partial charge in [-0.25, -0.2) is 0 Å². The van der Waals surface area contributed by atoms with E-state index in [1.54, 1.807) is 0 Å². The van der Waals surface area contributed by atoms with Gasteiger partial charge < -0.3 is 8.83 Å². The summed E-state index contributed by atoms with van der Waals surface area (Å²) in [4.78, 5) is 0. The smallest absolute Gasteiger partial charge is 0.248 e. The summed E-state index contributed by atoms with van der Waals surface area (Å²) in [5.74, 6) is 2.09. The van der Waals surface area contributed by atoms with Crippen LogP contribution in [0.1, 0.15) is 25.0 Å². The van der Waals surface area contributed by atoms with E-state index in [1.807, 2.05) is 48.5 Å². The van der Waals surface area contributed by atoms with Crippen molar-refractivity contribution >= 4 is 31.5 Å². The molecule has 0 atom stereocenters. The number of hydrogen-bond acceptors (Lipinski definition) is 6. The summed E-state index contributed by atoms with van der Waals surface area (Å²) in [6.45, 7) is 4.29. The van der Waals surface area contributed by atoms with Crippen LogP contribution in [-0.4, -0.2) is 20.4 Å². The molecule has 0 aliphatic rings. The van der Waals surface area contributed by atoms with Gasteiger partial charge in [0.1, 0.15) is 0 Å². The van der Waals surface area contributed by atoms with E-state index < -0.39 is 0 Å². The summed E-state index contributed by atoms with van der Waals surface area (Å²) < 4.78 is 14.7. The van der Waals surface area contributed by atoms with E-state index in [0.29, 0.717) is 23.6 Å². The third kappa shape index (κ3) is 6.55. The zero-order chi connectivity index (χ0) is 34.3. The molecule has 3 aromatic heterocycles. The number of benzene rings is 6. The maximum Gasteiger partial charge on any atom is 0.248 e. The summed E-state index contributed by atoms with van der Waals surface area (Å²) in [5, 5.41) is 19.8. The van der Waals surface area contributed by atoms with Crippen LogP contribution < -0.4 is 0 Å². The molecule has 0 N–H and O–H groups in total. The number of aromatic nitrogens is 4. The van der Waals surface area contributed by atoms with Gasteiger partial charge in [0.05, 0.1) is 0 Å². The number of rotatable bonds is 8. The van der Waals surface area contributed by atoms with Gasteiger partial charge in [0.25, 0.3) is 0 Å². The van der Waals surface area contributed by atoms with Gasteiger partial charge in [-0.15, -0.1) is 20.4 Å². The Morgan fingerprint density at radius 1 is 0.385 bits per heavy atom. The molecular weight excluding hydrogens is 887 g/mol. The summed E-state index contributed by atoms with van der Waals surface area (Å²) in [5.41, 5.74) is 10.9. The Bertz CT molecular complexity index is 2460. The van der Waals surface area contributed by atoms with Crippen LogP contribution in [0.4, 0.5) is 0 Å². The number of aryl methyl sites for hydroxylation is 2. The van der Waals surface area contributed by atoms with Gasteiger partial charge in [-0.2, -0.15) is 0 Å². The Morgan fingerprint density at radius 3 is 1.00 bits per heavy atom. The second-order valence-corrected chi connectivity index (χ2v) is 13.8. The molecule has 6 nitrogen and oxygen atoms in total. The first kappa shape index (κ1) is 34.0. The normalized spacial score (nSPS) is 11.3. The average molecular weight is 920 g/mol. The minimum absolute atomic E-state index is 0. The van der Waals surface area contributed by atoms with E-state index >= 15 is 0 Å². The monoisotopic (exact) mass is 919 g/mol. The molecule has 0 spiro atoms. The fourth-order valence-corrected chi connectivity index (χ4v) is 7.78. The second-order valence-electron chi connectivity index (χ2n) is 12.7. The van der Waals surface area contributed by atoms with Gasteiger partial charge >= 0.3 is 0 Å². The van der Waals surface area contributed by atoms with Crippen molar-refractivity contribution in [2.75, 3.05) is 0 Å². The van der Waals surface area contributed by atoms with Gasteiger partial charge in [0.2, 0.25) is 23.6 Å². The maximum absolute atomic E-state index is 6.03. The molecule has 0 radical (unpaired) electrons. The number of hydrogen-bond donors (Lipinski definition) is 0. The predicted octanol–water partition coefficient (Wildman–Crippen LogP) is 11.7. The standard InChI is InChI=1S/C44H32N4O2S.U/c1-3-27-5-9-31(10-6-27)41-45-47-43(49-41)33-17-13-29(14-18-33)35-21-23-37-38-24-22-36(26-40(38)51-39(37)25-35)30-15-19-34(20-16-30)44-48-46-42(50-44)32-11-7-28(4-2)8-12-32;/h5-26H,3-4H2,1-2H3;/p+1. The molecule has 0 bridgehead atoms. The largest absolute Gasteiger partial charge is 0.416 e. The van der Waals surface area contributed by atoms with Crippen molar-refractivity contribution in [2.24, 2.45) is 0 Å². The van der Waals surface area contributed by atoms with Crippen LogP contribution in [0.25, 0.3) is 88.2 Å². The van der Waals surface area contributed by atoms with Crippen molar-refractivity contribution in [3.63, 3.8) is 0 Å². The van der Waals surface area contributed by atoms with Gasteiger partial charge in [-0.3, -0.25) is 0 Å². The Morgan fingerprint density at radius 2 is 0.673 bits per heavy atom. The average Bonchev–Trinajstić information content (AvgIpc) is 3.97. The molecule has 0 saturated carbocycles. The van der Waals surface area contributed by atoms with Crippen molar-refractivity contribution in [2.45, 2.75) is 26.7 Å². The fourth-order valence-electron chi connectivity index (χ4n) is 6.48. The van der Waals surface area contributed by atoms with Crippen LogP contribution in [0, 0.1) is 31.1 Å². The van der Waals surface area contributed by atoms with Crippen LogP contribution in [0.3, 0.4) is 0 Å². The molecule has 0 unspecified atom stereocenters. The van der Waals surface area contributed by atoms with Gasteiger partial charge in [0.15, 0.2) is 9.40 Å². The molecule has 8 heteroatoms. The van der Waals surface area contributed by atoms with Crippen LogP contribution in [0.2, 0.25) is 0 Å². The molecule has 250 valence electrons. The van der Waals surface area contributed by atoms with E-state index in [2.05, 4.69) is 119 Å². The minimum Gasteiger partial charge on any atom is -0.416 e. The van der Waals surface area contributed by atoms with Gasteiger partial charge in [0, 0.05) is 76.3 Å². The molecule has 6 aromatic carbocycles. The van der Waals surface area contributed by atoms with Crippen molar-refractivity contribution in [1.82, 2.24) is 20.4 Å². The Labute approximate surface area is 329 Å². The molecule has 0 aliphatic heterocycles. The number of nitrogens with zero attached hydrogens (tertiary/aromatic N) is 4. The molecule has 0 aliphatic carbocycles. The fraction of sp³-hybridized carbons (Fsp3) is 0.0909. The third-order valence-corrected chi connectivity index (χ3v) is 10.7. The first-order chi connectivity index (χ1) is 25.1. The Hall–Kier alpha value is -5.13. The SMILES string of the molecule is CCc1ccc(-c2nnc(-c3ccc(-c4ccc5c(c4)[sH+]c4cc(-c6ccc(-c7nnc(-c8ccc(CC)cc8)o7)cc6)ccc45)cc3)o2)cc1.[U]. The molecule has 9 aromatic rings. The third-order valence-electron chi connectivity index (χ3n) is 9.53. The van der Waals surface area contributed by atoms with Crippen LogP contribution in [0.5, 0.6) is 0 Å². The van der Waals surface area contributed by atoms with Crippen molar-refractivity contribution in [3.05, 3.63) is 145 Å². The molecule has 0 fully saturated rings. The number of thiophene rings is 1. The van der Waals surface area contributed by atoms with Crippen molar-refractivity contribution in [1.29, 1.82) is 0 Å². The predicted molar refractivity (Wildman–Crippen MR) is 208 cm³/mol. The van der Waals surface area contributed by atoms with E-state index in [9.17, 15) is 0 Å². The molecule has 0 saturated heterocycles. The minimum atomic E-state index is 0. The van der Waals surface area contributed by atoms with E-state index in [-0.39, 0.29) is 31.1 Å². The first-order valence-electron chi connectivity index (χ1n) is 17.2. The maximum atomic E-state index is 6.03. The summed E-state index contributed by atoms with van der Waals surface area (Å²) in [6.07, 6.45) is 1.99. The molecule has 0 amide bonds. The van der Waals surface area contributed by atoms with Gasteiger partial charge in [-0.05, 0) is 118 Å². The topological polar surface area (TPSA) is 77.8 Å². The summed E-state index contributed by atoms with van der Waals surface area (Å²) in [7, 11) is 0. The molecular formula is C44H33N4O2SU+. The van der Waals surface area contributed by atoms with Crippen LogP contribution in [0.15, 0.2) is 142 Å². The van der Waals surface area contributed by atoms with Crippen LogP contribution in [-0.2, 0) is 12.8 Å². The quantitative estimate of drug-likeness (QED) is 0.141. The van der Waals surface area contributed by atoms with Gasteiger partial charge in [-0.1, -0.05) is 74.5 Å². The van der Waals surface area contributed by atoms with Crippen molar-refractivity contribution < 1.29 is 39.9 Å². The zero-order valence-electron chi connectivity index (χ0n) is 28.7. The molecule has 9 rings (SSSR count). The Kier molecular flexibility index (Phi) is 9.46. The van der Waals surface area contributed by atoms with E-state index in [0.717, 1.165) is 46.2 Å².